The molecule has 0 radical (unpaired) electrons. The smallest absolute Gasteiger partial charge is 0.361 e. The van der Waals surface area contributed by atoms with Gasteiger partial charge in [0.1, 0.15) is 0 Å². The minimum Gasteiger partial charge on any atom is -0.464 e. The summed E-state index contributed by atoms with van der Waals surface area (Å²) in [6.45, 7) is 4.16. The van der Waals surface area contributed by atoms with E-state index in [0.29, 0.717) is 5.92 Å². The number of esters is 1. The van der Waals surface area contributed by atoms with Crippen LogP contribution >= 0.6 is 22.6 Å². The maximum atomic E-state index is 11.2. The van der Waals surface area contributed by atoms with Crippen LogP contribution in [0.15, 0.2) is 4.52 Å². The molecular formula is C9H12INO3. The van der Waals surface area contributed by atoms with Crippen LogP contribution in [-0.4, -0.2) is 18.2 Å². The van der Waals surface area contributed by atoms with E-state index in [4.69, 9.17) is 4.52 Å². The Hall–Kier alpha value is -0.590. The number of methoxy groups -OCH3 is 1. The molecule has 0 bridgehead atoms. The number of carbonyl (C=O) groups excluding carboxylic acids is 1. The molecule has 1 rings (SSSR count). The average molecular weight is 309 g/mol. The van der Waals surface area contributed by atoms with Gasteiger partial charge in [-0.1, -0.05) is 19.0 Å². The lowest BCUT2D eigenvalue weighted by Gasteiger charge is -1.99. The molecule has 4 nitrogen and oxygen atoms in total. The zero-order valence-electron chi connectivity index (χ0n) is 8.33. The molecule has 5 heteroatoms. The van der Waals surface area contributed by atoms with Crippen molar-refractivity contribution < 1.29 is 14.1 Å². The minimum atomic E-state index is -0.451. The van der Waals surface area contributed by atoms with E-state index >= 15 is 0 Å². The van der Waals surface area contributed by atoms with Crippen molar-refractivity contribution in [3.8, 4) is 0 Å². The van der Waals surface area contributed by atoms with Crippen molar-refractivity contribution >= 4 is 28.6 Å². The molecule has 0 amide bonds. The molecule has 0 atom stereocenters. The third kappa shape index (κ3) is 2.46. The van der Waals surface area contributed by atoms with E-state index in [1.54, 1.807) is 0 Å². The van der Waals surface area contributed by atoms with Crippen molar-refractivity contribution in [2.75, 3.05) is 7.11 Å². The quantitative estimate of drug-likeness (QED) is 0.635. The highest BCUT2D eigenvalue weighted by Gasteiger charge is 2.20. The zero-order valence-corrected chi connectivity index (χ0v) is 10.5. The van der Waals surface area contributed by atoms with Crippen molar-refractivity contribution in [1.29, 1.82) is 0 Å². The Morgan fingerprint density at radius 3 is 2.79 bits per heavy atom. The molecule has 1 aromatic rings. The predicted molar refractivity (Wildman–Crippen MR) is 59.1 cm³/mol. The SMILES string of the molecule is COC(=O)c1noc(CC(C)C)c1I. The number of halogens is 1. The van der Waals surface area contributed by atoms with Crippen LogP contribution in [0, 0.1) is 9.49 Å². The van der Waals surface area contributed by atoms with Crippen LogP contribution in [0.4, 0.5) is 0 Å². The number of rotatable bonds is 3. The summed E-state index contributed by atoms with van der Waals surface area (Å²) in [6.07, 6.45) is 0.780. The third-order valence-electron chi connectivity index (χ3n) is 1.67. The van der Waals surface area contributed by atoms with Gasteiger partial charge < -0.3 is 9.26 Å². The first-order valence-corrected chi connectivity index (χ1v) is 5.36. The highest BCUT2D eigenvalue weighted by atomic mass is 127. The molecule has 0 N–H and O–H groups in total. The largest absolute Gasteiger partial charge is 0.464 e. The van der Waals surface area contributed by atoms with Gasteiger partial charge in [0.05, 0.1) is 10.7 Å². The van der Waals surface area contributed by atoms with Gasteiger partial charge >= 0.3 is 5.97 Å². The average Bonchev–Trinajstić information content (AvgIpc) is 2.46. The minimum absolute atomic E-state index is 0.267. The third-order valence-corrected chi connectivity index (χ3v) is 2.78. The van der Waals surface area contributed by atoms with E-state index in [2.05, 4.69) is 46.3 Å². The van der Waals surface area contributed by atoms with Crippen molar-refractivity contribution in [3.63, 3.8) is 0 Å². The van der Waals surface area contributed by atoms with Crippen LogP contribution in [0.5, 0.6) is 0 Å². The van der Waals surface area contributed by atoms with E-state index in [-0.39, 0.29) is 5.69 Å². The number of aromatic nitrogens is 1. The number of carbonyl (C=O) groups is 1. The fourth-order valence-electron chi connectivity index (χ4n) is 1.03. The van der Waals surface area contributed by atoms with Gasteiger partial charge in [-0.2, -0.15) is 0 Å². The highest BCUT2D eigenvalue weighted by molar-refractivity contribution is 14.1. The van der Waals surface area contributed by atoms with Gasteiger partial charge in [-0.3, -0.25) is 0 Å². The van der Waals surface area contributed by atoms with Gasteiger partial charge in [0.15, 0.2) is 5.76 Å². The maximum Gasteiger partial charge on any atom is 0.361 e. The lowest BCUT2D eigenvalue weighted by molar-refractivity contribution is 0.0588. The van der Waals surface area contributed by atoms with Crippen LogP contribution in [0.2, 0.25) is 0 Å². The summed E-state index contributed by atoms with van der Waals surface area (Å²) in [6, 6.07) is 0. The number of hydrogen-bond acceptors (Lipinski definition) is 4. The fraction of sp³-hybridized carbons (Fsp3) is 0.556. The van der Waals surface area contributed by atoms with E-state index in [0.717, 1.165) is 15.8 Å². The lowest BCUT2D eigenvalue weighted by Crippen LogP contribution is -2.04. The van der Waals surface area contributed by atoms with Crippen molar-refractivity contribution in [3.05, 3.63) is 15.0 Å². The van der Waals surface area contributed by atoms with Gasteiger partial charge in [-0.05, 0) is 28.5 Å². The first-order chi connectivity index (χ1) is 6.56. The molecule has 1 heterocycles. The monoisotopic (exact) mass is 309 g/mol. The lowest BCUT2D eigenvalue weighted by atomic mass is 10.1. The molecular weight excluding hydrogens is 297 g/mol. The van der Waals surface area contributed by atoms with E-state index in [1.807, 2.05) is 0 Å². The fourth-order valence-corrected chi connectivity index (χ4v) is 1.67. The Morgan fingerprint density at radius 1 is 1.64 bits per heavy atom. The molecule has 0 spiro atoms. The van der Waals surface area contributed by atoms with Gasteiger partial charge in [0.25, 0.3) is 0 Å². The molecule has 0 saturated heterocycles. The zero-order chi connectivity index (χ0) is 10.7. The first kappa shape index (κ1) is 11.5. The van der Waals surface area contributed by atoms with Crippen LogP contribution < -0.4 is 0 Å². The van der Waals surface area contributed by atoms with E-state index in [9.17, 15) is 4.79 Å². The first-order valence-electron chi connectivity index (χ1n) is 4.28. The van der Waals surface area contributed by atoms with Crippen LogP contribution in [0.25, 0.3) is 0 Å². The van der Waals surface area contributed by atoms with Gasteiger partial charge in [0, 0.05) is 6.42 Å². The molecule has 0 unspecified atom stereocenters. The summed E-state index contributed by atoms with van der Waals surface area (Å²) in [7, 11) is 1.33. The second-order valence-electron chi connectivity index (χ2n) is 3.36. The molecule has 0 fully saturated rings. The Kier molecular flexibility index (Phi) is 3.91. The van der Waals surface area contributed by atoms with Gasteiger partial charge in [-0.15, -0.1) is 0 Å². The second kappa shape index (κ2) is 4.77. The normalized spacial score (nSPS) is 10.6. The molecule has 78 valence electrons. The van der Waals surface area contributed by atoms with Crippen molar-refractivity contribution in [1.82, 2.24) is 5.16 Å². The molecule has 1 aromatic heterocycles. The number of hydrogen-bond donors (Lipinski definition) is 0. The molecule has 14 heavy (non-hydrogen) atoms. The van der Waals surface area contributed by atoms with Crippen molar-refractivity contribution in [2.24, 2.45) is 5.92 Å². The summed E-state index contributed by atoms with van der Waals surface area (Å²) in [4.78, 5) is 11.2. The molecule has 0 aliphatic rings. The highest BCUT2D eigenvalue weighted by Crippen LogP contribution is 2.20. The topological polar surface area (TPSA) is 52.3 Å². The van der Waals surface area contributed by atoms with E-state index < -0.39 is 5.97 Å². The Morgan fingerprint density at radius 2 is 2.29 bits per heavy atom. The van der Waals surface area contributed by atoms with Crippen molar-refractivity contribution in [2.45, 2.75) is 20.3 Å². The maximum absolute atomic E-state index is 11.2. The Bertz CT molecular complexity index is 333. The molecule has 0 aliphatic carbocycles. The number of nitrogens with zero attached hydrogens (tertiary/aromatic N) is 1. The van der Waals surface area contributed by atoms with Gasteiger partial charge in [0.2, 0.25) is 5.69 Å². The summed E-state index contributed by atoms with van der Waals surface area (Å²) >= 11 is 2.05. The molecule has 0 aromatic carbocycles. The number of ether oxygens (including phenoxy) is 1. The molecule has 0 saturated carbocycles. The summed E-state index contributed by atoms with van der Waals surface area (Å²) in [5.74, 6) is 0.774. The van der Waals surface area contributed by atoms with Crippen LogP contribution in [0.1, 0.15) is 30.1 Å². The van der Waals surface area contributed by atoms with Crippen LogP contribution in [0.3, 0.4) is 0 Å². The van der Waals surface area contributed by atoms with E-state index in [1.165, 1.54) is 7.11 Å². The summed E-state index contributed by atoms with van der Waals surface area (Å²) in [5, 5.41) is 3.68. The summed E-state index contributed by atoms with van der Waals surface area (Å²) in [5.41, 5.74) is 0.267. The van der Waals surface area contributed by atoms with Gasteiger partial charge in [-0.25, -0.2) is 4.79 Å². The molecule has 0 aliphatic heterocycles. The summed E-state index contributed by atoms with van der Waals surface area (Å²) < 4.78 is 10.4. The Labute approximate surface area is 96.1 Å². The predicted octanol–water partition coefficient (Wildman–Crippen LogP) is 2.26. The Balaban J connectivity index is 2.90. The van der Waals surface area contributed by atoms with Crippen LogP contribution in [-0.2, 0) is 11.2 Å². The standard InChI is InChI=1S/C9H12INO3/c1-5(2)4-6-7(10)8(11-14-6)9(12)13-3/h5H,4H2,1-3H3. The second-order valence-corrected chi connectivity index (χ2v) is 4.44.